The summed E-state index contributed by atoms with van der Waals surface area (Å²) in [5.41, 5.74) is 6.34. The molecule has 2 aromatic rings. The van der Waals surface area contributed by atoms with Gasteiger partial charge in [0.05, 0.1) is 0 Å². The van der Waals surface area contributed by atoms with Crippen molar-refractivity contribution < 1.29 is 32.7 Å². The number of carboxylic acids is 1. The molecule has 9 rings (SSSR count). The number of fused-ring (bicyclic) bond motifs is 10. The summed E-state index contributed by atoms with van der Waals surface area (Å²) in [5, 5.41) is 20.1. The van der Waals surface area contributed by atoms with E-state index in [4.69, 9.17) is 9.90 Å². The van der Waals surface area contributed by atoms with Gasteiger partial charge >= 0.3 is 24.2 Å². The van der Waals surface area contributed by atoms with Gasteiger partial charge < -0.3 is 26.4 Å². The molecule has 5 fully saturated rings. The summed E-state index contributed by atoms with van der Waals surface area (Å²) in [4.78, 5) is 40.1. The molecule has 0 unspecified atom stereocenters. The minimum absolute atomic E-state index is 0.0174. The van der Waals surface area contributed by atoms with Gasteiger partial charge in [0.15, 0.2) is 0 Å². The van der Waals surface area contributed by atoms with Crippen LogP contribution in [0.3, 0.4) is 0 Å². The van der Waals surface area contributed by atoms with Crippen LogP contribution in [-0.2, 0) is 4.79 Å². The molecule has 2 aromatic carbocycles. The quantitative estimate of drug-likeness (QED) is 0.145. The van der Waals surface area contributed by atoms with Crippen molar-refractivity contribution in [1.29, 1.82) is 0 Å². The molecule has 10 nitrogen and oxygen atoms in total. The maximum atomic E-state index is 12.8. The van der Waals surface area contributed by atoms with Gasteiger partial charge in [-0.3, -0.25) is 9.80 Å². The average Bonchev–Trinajstić information content (AvgIpc) is 4.03. The molecule has 0 spiro atoms. The molecule has 5 N–H and O–H groups in total. The largest absolute Gasteiger partial charge is 0.490 e. The van der Waals surface area contributed by atoms with E-state index in [9.17, 15) is 22.8 Å². The highest BCUT2D eigenvalue weighted by molar-refractivity contribution is 5.74. The molecule has 4 aliphatic heterocycles. The Bertz CT molecular complexity index is 1630. The molecular formula is C48H67F3N6O4. The highest BCUT2D eigenvalue weighted by atomic mass is 19.4. The van der Waals surface area contributed by atoms with Gasteiger partial charge in [0.25, 0.3) is 0 Å². The number of alkyl halides is 3. The minimum atomic E-state index is -5.08. The highest BCUT2D eigenvalue weighted by Crippen LogP contribution is 2.54. The third-order valence-electron chi connectivity index (χ3n) is 15.7. The van der Waals surface area contributed by atoms with E-state index in [-0.39, 0.29) is 12.1 Å². The van der Waals surface area contributed by atoms with Crippen LogP contribution in [0.1, 0.15) is 162 Å². The standard InChI is InChI=1S/C46H66N6O2.C2HF3O2/c53-45(49-35-17-13-31(14-18-35)25-27-51-41-21-22-42(51)38-6-2-1-5-37(38)41)47-29-33-9-11-34(12-10-33)30-48-46(54)50-36-19-15-32(16-20-36)26-28-52-43-23-24-44(52)40-8-4-3-7-39(40)43;3-2(4,5)1(6)7/h1-8,31-36,41-44H,9-30H2,(H2,47,49,53)(H2,48,50,54);(H,6,7)/t31?,32?,33?,34?,35?,36?,41-,42+,43-,44+;. The van der Waals surface area contributed by atoms with Gasteiger partial charge in [0.1, 0.15) is 0 Å². The summed E-state index contributed by atoms with van der Waals surface area (Å²) in [7, 11) is 0. The summed E-state index contributed by atoms with van der Waals surface area (Å²) in [6.07, 6.45) is 16.6. The van der Waals surface area contributed by atoms with E-state index in [2.05, 4.69) is 79.6 Å². The number of carboxylic acid groups (broad SMARTS) is 1. The second-order valence-electron chi connectivity index (χ2n) is 19.4. The zero-order valence-electron chi connectivity index (χ0n) is 35.6. The molecule has 334 valence electrons. The number of amides is 4. The number of aliphatic carboxylic acids is 1. The molecular weight excluding hydrogens is 782 g/mol. The fourth-order valence-corrected chi connectivity index (χ4v) is 12.4. The number of carbonyl (C=O) groups excluding carboxylic acids is 2. The first kappa shape index (κ1) is 43.8. The Morgan fingerprint density at radius 2 is 0.803 bits per heavy atom. The van der Waals surface area contributed by atoms with E-state index in [1.54, 1.807) is 22.3 Å². The molecule has 3 aliphatic carbocycles. The molecule has 4 heterocycles. The third kappa shape index (κ3) is 10.7. The first-order valence-electron chi connectivity index (χ1n) is 23.6. The Kier molecular flexibility index (Phi) is 14.1. The van der Waals surface area contributed by atoms with Crippen LogP contribution in [0.15, 0.2) is 48.5 Å². The number of urea groups is 2. The molecule has 2 saturated heterocycles. The molecule has 13 heteroatoms. The van der Waals surface area contributed by atoms with Crippen molar-refractivity contribution >= 4 is 18.0 Å². The topological polar surface area (TPSA) is 126 Å². The first-order valence-corrected chi connectivity index (χ1v) is 23.6. The molecule has 0 radical (unpaired) electrons. The van der Waals surface area contributed by atoms with Crippen LogP contribution in [0.2, 0.25) is 0 Å². The maximum absolute atomic E-state index is 12.8. The van der Waals surface area contributed by atoms with Gasteiger partial charge in [0, 0.05) is 49.3 Å². The van der Waals surface area contributed by atoms with E-state index in [0.29, 0.717) is 48.1 Å². The van der Waals surface area contributed by atoms with Crippen molar-refractivity contribution in [3.8, 4) is 0 Å². The van der Waals surface area contributed by atoms with Crippen molar-refractivity contribution in [2.24, 2.45) is 23.7 Å². The van der Waals surface area contributed by atoms with Gasteiger partial charge in [-0.1, -0.05) is 48.5 Å². The summed E-state index contributed by atoms with van der Waals surface area (Å²) >= 11 is 0. The number of hydrogen-bond donors (Lipinski definition) is 5. The number of hydrogen-bond acceptors (Lipinski definition) is 5. The first-order chi connectivity index (χ1) is 29.5. The van der Waals surface area contributed by atoms with Gasteiger partial charge in [0.2, 0.25) is 0 Å². The summed E-state index contributed by atoms with van der Waals surface area (Å²) in [5.74, 6) is -0.110. The van der Waals surface area contributed by atoms with Gasteiger partial charge in [-0.15, -0.1) is 0 Å². The average molecular weight is 849 g/mol. The highest BCUT2D eigenvalue weighted by Gasteiger charge is 2.44. The third-order valence-corrected chi connectivity index (χ3v) is 15.7. The zero-order valence-corrected chi connectivity index (χ0v) is 35.6. The van der Waals surface area contributed by atoms with Crippen molar-refractivity contribution in [2.75, 3.05) is 26.2 Å². The van der Waals surface area contributed by atoms with Crippen molar-refractivity contribution in [2.45, 2.75) is 158 Å². The van der Waals surface area contributed by atoms with Crippen molar-refractivity contribution in [1.82, 2.24) is 31.1 Å². The molecule has 0 aromatic heterocycles. The van der Waals surface area contributed by atoms with Gasteiger partial charge in [-0.05, 0) is 175 Å². The molecule has 4 amide bonds. The zero-order chi connectivity index (χ0) is 42.5. The Morgan fingerprint density at radius 1 is 0.508 bits per heavy atom. The molecule has 3 saturated carbocycles. The fraction of sp³-hybridized carbons (Fsp3) is 0.688. The lowest BCUT2D eigenvalue weighted by molar-refractivity contribution is -0.192. The summed E-state index contributed by atoms with van der Waals surface area (Å²) in [6, 6.07) is 21.5. The van der Waals surface area contributed by atoms with Crippen molar-refractivity contribution in [3.05, 3.63) is 70.8 Å². The van der Waals surface area contributed by atoms with Crippen LogP contribution in [0.5, 0.6) is 0 Å². The van der Waals surface area contributed by atoms with E-state index < -0.39 is 12.1 Å². The monoisotopic (exact) mass is 849 g/mol. The summed E-state index contributed by atoms with van der Waals surface area (Å²) < 4.78 is 31.7. The Hall–Kier alpha value is -3.84. The molecule has 4 atom stereocenters. The van der Waals surface area contributed by atoms with E-state index in [1.807, 2.05) is 0 Å². The van der Waals surface area contributed by atoms with Crippen LogP contribution < -0.4 is 21.3 Å². The second-order valence-corrected chi connectivity index (χ2v) is 19.4. The number of halogens is 3. The number of nitrogens with one attached hydrogen (secondary N) is 4. The van der Waals surface area contributed by atoms with Crippen LogP contribution in [0, 0.1) is 23.7 Å². The maximum Gasteiger partial charge on any atom is 0.490 e. The fourth-order valence-electron chi connectivity index (χ4n) is 12.4. The molecule has 7 aliphatic rings. The van der Waals surface area contributed by atoms with Crippen LogP contribution in [0.4, 0.5) is 22.8 Å². The lowest BCUT2D eigenvalue weighted by atomic mass is 9.82. The minimum Gasteiger partial charge on any atom is -0.475 e. The molecule has 61 heavy (non-hydrogen) atoms. The Morgan fingerprint density at radius 3 is 1.10 bits per heavy atom. The smallest absolute Gasteiger partial charge is 0.475 e. The van der Waals surface area contributed by atoms with Crippen LogP contribution >= 0.6 is 0 Å². The molecule has 4 bridgehead atoms. The predicted octanol–water partition coefficient (Wildman–Crippen LogP) is 9.71. The second kappa shape index (κ2) is 19.7. The predicted molar refractivity (Wildman–Crippen MR) is 229 cm³/mol. The Balaban J connectivity index is 0.000000678. The van der Waals surface area contributed by atoms with E-state index >= 15 is 0 Å². The number of benzene rings is 2. The lowest BCUT2D eigenvalue weighted by Gasteiger charge is -2.32. The van der Waals surface area contributed by atoms with Crippen molar-refractivity contribution in [3.63, 3.8) is 0 Å². The SMILES string of the molecule is O=C(NCC1CCC(CNC(=O)NC2CCC(CCN3[C@@H]4CC[C@H]3c3ccccc34)CC2)CC1)NC1CCC(CCN2[C@@H]3CC[C@H]2c2ccccc23)CC1.O=C(O)C(F)(F)F. The van der Waals surface area contributed by atoms with E-state index in [1.165, 1.54) is 77.3 Å². The van der Waals surface area contributed by atoms with Crippen LogP contribution in [-0.4, -0.2) is 77.4 Å². The summed E-state index contributed by atoms with van der Waals surface area (Å²) in [6.45, 7) is 3.96. The van der Waals surface area contributed by atoms with Gasteiger partial charge in [-0.25, -0.2) is 14.4 Å². The number of nitrogens with zero attached hydrogens (tertiary/aromatic N) is 2. The van der Waals surface area contributed by atoms with Gasteiger partial charge in [-0.2, -0.15) is 13.2 Å². The normalized spacial score (nSPS) is 31.7. The van der Waals surface area contributed by atoms with E-state index in [0.717, 1.165) is 76.3 Å². The Labute approximate surface area is 359 Å². The number of carbonyl (C=O) groups is 3. The lowest BCUT2D eigenvalue weighted by Crippen LogP contribution is -2.46. The number of rotatable bonds is 12. The van der Waals surface area contributed by atoms with Crippen LogP contribution in [0.25, 0.3) is 0 Å².